The summed E-state index contributed by atoms with van der Waals surface area (Å²) in [7, 11) is 0. The van der Waals surface area contributed by atoms with Crippen LogP contribution in [0.3, 0.4) is 0 Å². The number of aromatic carboxylic acids is 1. The van der Waals surface area contributed by atoms with Crippen molar-refractivity contribution >= 4 is 40.2 Å². The third-order valence-corrected chi connectivity index (χ3v) is 6.50. The summed E-state index contributed by atoms with van der Waals surface area (Å²) < 4.78 is 1.94. The summed E-state index contributed by atoms with van der Waals surface area (Å²) in [5.74, 6) is -2.97. The minimum Gasteiger partial charge on any atom is -0.478 e. The van der Waals surface area contributed by atoms with Gasteiger partial charge in [0, 0.05) is 13.0 Å². The first-order valence-corrected chi connectivity index (χ1v) is 12.3. The molecule has 10 heteroatoms. The third kappa shape index (κ3) is 5.85. The van der Waals surface area contributed by atoms with Gasteiger partial charge in [-0.2, -0.15) is 0 Å². The quantitative estimate of drug-likeness (QED) is 0.172. The predicted molar refractivity (Wildman–Crippen MR) is 136 cm³/mol. The normalized spacial score (nSPS) is 12.1. The summed E-state index contributed by atoms with van der Waals surface area (Å²) in [6, 6.07) is 10.7. The van der Waals surface area contributed by atoms with E-state index in [2.05, 4.69) is 17.2 Å². The molecule has 0 fully saturated rings. The van der Waals surface area contributed by atoms with Crippen LogP contribution in [0.2, 0.25) is 5.15 Å². The molecule has 3 aromatic rings. The van der Waals surface area contributed by atoms with E-state index in [1.165, 1.54) is 0 Å². The van der Waals surface area contributed by atoms with Gasteiger partial charge >= 0.3 is 5.97 Å². The maximum Gasteiger partial charge on any atom is 0.336 e. The number of carboxylic acids is 1. The molecule has 3 rings (SSSR count). The molecule has 0 aliphatic rings. The Hall–Kier alpha value is -3.43. The Balaban J connectivity index is 1.99. The number of hydroxylamine groups is 1. The van der Waals surface area contributed by atoms with E-state index in [1.807, 2.05) is 16.7 Å². The van der Waals surface area contributed by atoms with E-state index >= 15 is 0 Å². The number of amides is 2. The molecule has 2 aromatic carbocycles. The topological polar surface area (TPSA) is 134 Å². The van der Waals surface area contributed by atoms with Gasteiger partial charge < -0.3 is 15.0 Å². The van der Waals surface area contributed by atoms with E-state index in [-0.39, 0.29) is 23.2 Å². The van der Waals surface area contributed by atoms with Crippen LogP contribution in [0.4, 0.5) is 0 Å². The van der Waals surface area contributed by atoms with E-state index < -0.39 is 23.7 Å². The van der Waals surface area contributed by atoms with Crippen molar-refractivity contribution in [2.24, 2.45) is 11.8 Å². The van der Waals surface area contributed by atoms with Crippen LogP contribution in [0, 0.1) is 11.8 Å². The van der Waals surface area contributed by atoms with Crippen LogP contribution in [-0.2, 0) is 29.1 Å². The van der Waals surface area contributed by atoms with Crippen LogP contribution in [-0.4, -0.2) is 37.6 Å². The Morgan fingerprint density at radius 3 is 2.39 bits per heavy atom. The van der Waals surface area contributed by atoms with E-state index in [0.717, 1.165) is 29.6 Å². The van der Waals surface area contributed by atoms with Gasteiger partial charge in [-0.15, -0.1) is 0 Å². The van der Waals surface area contributed by atoms with Crippen molar-refractivity contribution in [1.29, 1.82) is 0 Å². The molecule has 1 atom stereocenters. The minimum atomic E-state index is -1.07. The lowest BCUT2D eigenvalue weighted by molar-refractivity contribution is -0.142. The predicted octanol–water partition coefficient (Wildman–Crippen LogP) is 4.17. The zero-order valence-electron chi connectivity index (χ0n) is 20.5. The fourth-order valence-corrected chi connectivity index (χ4v) is 4.58. The zero-order chi connectivity index (χ0) is 26.4. The smallest absolute Gasteiger partial charge is 0.336 e. The lowest BCUT2D eigenvalue weighted by Crippen LogP contribution is -2.43. The number of fused-ring (bicyclic) bond motifs is 1. The van der Waals surface area contributed by atoms with Gasteiger partial charge in [0.15, 0.2) is 5.15 Å². The van der Waals surface area contributed by atoms with Crippen LogP contribution < -0.4 is 10.8 Å². The van der Waals surface area contributed by atoms with Crippen molar-refractivity contribution in [3.05, 3.63) is 64.2 Å². The molecular formula is C26H31ClN4O5. The fraction of sp³-hybridized carbons (Fsp3) is 0.385. The van der Waals surface area contributed by atoms with Crippen molar-refractivity contribution in [3.63, 3.8) is 0 Å². The number of nitrogens with one attached hydrogen (secondary N) is 2. The van der Waals surface area contributed by atoms with Crippen molar-refractivity contribution in [2.45, 2.75) is 53.1 Å². The average Bonchev–Trinajstić information content (AvgIpc) is 3.14. The van der Waals surface area contributed by atoms with E-state index in [4.69, 9.17) is 16.8 Å². The van der Waals surface area contributed by atoms with Crippen LogP contribution >= 0.6 is 11.6 Å². The molecule has 2 amide bonds. The summed E-state index contributed by atoms with van der Waals surface area (Å²) >= 11 is 6.52. The third-order valence-electron chi connectivity index (χ3n) is 6.20. The minimum absolute atomic E-state index is 0.0316. The highest BCUT2D eigenvalue weighted by Crippen LogP contribution is 2.27. The highest BCUT2D eigenvalue weighted by atomic mass is 35.5. The zero-order valence-corrected chi connectivity index (χ0v) is 21.3. The van der Waals surface area contributed by atoms with Crippen molar-refractivity contribution in [1.82, 2.24) is 20.3 Å². The SMILES string of the molecule is CCCCc1nc(Cl)c(CNC(=O)C(C(=O)NO)C(C)C)n1Cc1ccc(C(=O)O)c2ccccc12. The Morgan fingerprint density at radius 1 is 1.08 bits per heavy atom. The largest absolute Gasteiger partial charge is 0.478 e. The number of carbonyl (C=O) groups is 3. The van der Waals surface area contributed by atoms with E-state index in [1.54, 1.807) is 43.6 Å². The average molecular weight is 515 g/mol. The number of aryl methyl sites for hydroxylation is 1. The fourth-order valence-electron chi connectivity index (χ4n) is 4.32. The van der Waals surface area contributed by atoms with Gasteiger partial charge in [0.2, 0.25) is 5.91 Å². The first kappa shape index (κ1) is 27.2. The molecule has 192 valence electrons. The van der Waals surface area contributed by atoms with Crippen LogP contribution in [0.1, 0.15) is 61.1 Å². The molecule has 0 radical (unpaired) electrons. The number of unbranched alkanes of at least 4 members (excludes halogenated alkanes) is 1. The molecule has 0 bridgehead atoms. The van der Waals surface area contributed by atoms with Crippen LogP contribution in [0.25, 0.3) is 10.8 Å². The van der Waals surface area contributed by atoms with Gasteiger partial charge in [-0.3, -0.25) is 14.8 Å². The molecule has 0 aliphatic carbocycles. The Labute approximate surface area is 214 Å². The van der Waals surface area contributed by atoms with Crippen molar-refractivity contribution < 1.29 is 24.7 Å². The molecule has 1 unspecified atom stereocenters. The molecule has 0 spiro atoms. The second-order valence-corrected chi connectivity index (χ2v) is 9.35. The molecule has 0 saturated heterocycles. The number of hydrogen-bond donors (Lipinski definition) is 4. The Kier molecular flexibility index (Phi) is 9.06. The molecule has 9 nitrogen and oxygen atoms in total. The maximum absolute atomic E-state index is 12.8. The molecule has 1 aromatic heterocycles. The number of benzene rings is 2. The second-order valence-electron chi connectivity index (χ2n) is 8.99. The van der Waals surface area contributed by atoms with Gasteiger partial charge in [0.1, 0.15) is 11.7 Å². The summed E-state index contributed by atoms with van der Waals surface area (Å²) in [5.41, 5.74) is 3.24. The molecule has 36 heavy (non-hydrogen) atoms. The number of carboxylic acid groups (broad SMARTS) is 1. The number of halogens is 1. The summed E-state index contributed by atoms with van der Waals surface area (Å²) in [4.78, 5) is 41.0. The second kappa shape index (κ2) is 12.0. The number of carbonyl (C=O) groups excluding carboxylic acids is 2. The molecular weight excluding hydrogens is 484 g/mol. The molecule has 1 heterocycles. The van der Waals surface area contributed by atoms with Gasteiger partial charge in [-0.05, 0) is 34.7 Å². The highest BCUT2D eigenvalue weighted by Gasteiger charge is 2.30. The summed E-state index contributed by atoms with van der Waals surface area (Å²) in [6.07, 6.45) is 2.53. The highest BCUT2D eigenvalue weighted by molar-refractivity contribution is 6.30. The molecule has 0 aliphatic heterocycles. The molecule has 0 saturated carbocycles. The van der Waals surface area contributed by atoms with Crippen molar-refractivity contribution in [3.8, 4) is 0 Å². The lowest BCUT2D eigenvalue weighted by atomic mass is 9.94. The van der Waals surface area contributed by atoms with Gasteiger partial charge in [-0.25, -0.2) is 15.3 Å². The van der Waals surface area contributed by atoms with Crippen molar-refractivity contribution in [2.75, 3.05) is 0 Å². The first-order chi connectivity index (χ1) is 17.2. The Morgan fingerprint density at radius 2 is 1.78 bits per heavy atom. The monoisotopic (exact) mass is 514 g/mol. The van der Waals surface area contributed by atoms with Gasteiger partial charge in [0.25, 0.3) is 5.91 Å². The van der Waals surface area contributed by atoms with E-state index in [0.29, 0.717) is 24.0 Å². The number of aromatic nitrogens is 2. The van der Waals surface area contributed by atoms with Crippen LogP contribution in [0.5, 0.6) is 0 Å². The number of hydrogen-bond acceptors (Lipinski definition) is 5. The van der Waals surface area contributed by atoms with Gasteiger partial charge in [0.05, 0.1) is 17.8 Å². The first-order valence-electron chi connectivity index (χ1n) is 11.9. The van der Waals surface area contributed by atoms with E-state index in [9.17, 15) is 19.5 Å². The number of rotatable bonds is 11. The van der Waals surface area contributed by atoms with Gasteiger partial charge in [-0.1, -0.05) is 69.1 Å². The number of imidazole rings is 1. The standard InChI is InChI=1S/C26H31ClN4O5/c1-4-5-10-21-29-23(27)20(13-28-24(32)22(15(2)3)25(33)30-36)31(21)14-16-11-12-19(26(34)35)18-9-7-6-8-17(16)18/h6-9,11-12,15,22,36H,4-5,10,13-14H2,1-3H3,(H,28,32)(H,30,33)(H,34,35). The summed E-state index contributed by atoms with van der Waals surface area (Å²) in [6.45, 7) is 5.91. The summed E-state index contributed by atoms with van der Waals surface area (Å²) in [5, 5.41) is 23.1. The lowest BCUT2D eigenvalue weighted by Gasteiger charge is -2.19. The maximum atomic E-state index is 12.8. The number of nitrogens with zero attached hydrogens (tertiary/aromatic N) is 2. The molecule has 4 N–H and O–H groups in total. The Bertz CT molecular complexity index is 1270. The van der Waals surface area contributed by atoms with Crippen LogP contribution in [0.15, 0.2) is 36.4 Å².